The normalized spacial score (nSPS) is 29.3. The van der Waals surface area contributed by atoms with Gasteiger partial charge in [-0.05, 0) is 30.7 Å². The molecule has 0 bridgehead atoms. The summed E-state index contributed by atoms with van der Waals surface area (Å²) in [5.74, 6) is 0.332. The van der Waals surface area contributed by atoms with Crippen LogP contribution in [0.25, 0.3) is 0 Å². The molecule has 4 heteroatoms. The van der Waals surface area contributed by atoms with Crippen LogP contribution in [0.4, 0.5) is 4.39 Å². The van der Waals surface area contributed by atoms with Crippen LogP contribution in [0.2, 0.25) is 0 Å². The number of nitrogens with one attached hydrogen (secondary N) is 2. The lowest BCUT2D eigenvalue weighted by Crippen LogP contribution is -2.54. The summed E-state index contributed by atoms with van der Waals surface area (Å²) in [7, 11) is 0. The van der Waals surface area contributed by atoms with Crippen molar-refractivity contribution >= 4 is 0 Å². The van der Waals surface area contributed by atoms with E-state index in [1.807, 2.05) is 12.1 Å². The Bertz CT molecular complexity index is 400. The molecule has 0 saturated carbocycles. The number of benzene rings is 1. The maximum absolute atomic E-state index is 13.1. The first kappa shape index (κ1) is 13.0. The van der Waals surface area contributed by atoms with Gasteiger partial charge in [-0.15, -0.1) is 0 Å². The first-order chi connectivity index (χ1) is 9.34. The van der Waals surface area contributed by atoms with Crippen molar-refractivity contribution < 1.29 is 4.39 Å². The van der Waals surface area contributed by atoms with E-state index in [2.05, 4.69) is 15.5 Å². The fourth-order valence-electron chi connectivity index (χ4n) is 3.35. The number of nitrogens with zero attached hydrogens (tertiary/aromatic N) is 1. The molecule has 3 nitrogen and oxygen atoms in total. The Morgan fingerprint density at radius 2 is 1.74 bits per heavy atom. The Balaban J connectivity index is 1.78. The van der Waals surface area contributed by atoms with E-state index in [9.17, 15) is 4.39 Å². The third-order valence-electron chi connectivity index (χ3n) is 4.36. The number of piperidine rings is 1. The van der Waals surface area contributed by atoms with Gasteiger partial charge in [0.1, 0.15) is 5.82 Å². The van der Waals surface area contributed by atoms with Crippen LogP contribution in [0, 0.1) is 5.82 Å². The quantitative estimate of drug-likeness (QED) is 0.839. The zero-order valence-electron chi connectivity index (χ0n) is 11.2. The standard InChI is InChI=1S/C15H22FN3/c16-13-3-1-12(2-4-13)14-11-18-6-5-15(14)19-9-7-17-8-10-19/h1-4,14-15,17-18H,5-11H2. The highest BCUT2D eigenvalue weighted by Gasteiger charge is 2.31. The van der Waals surface area contributed by atoms with E-state index in [1.165, 1.54) is 12.0 Å². The van der Waals surface area contributed by atoms with Gasteiger partial charge in [0.25, 0.3) is 0 Å². The minimum Gasteiger partial charge on any atom is -0.316 e. The summed E-state index contributed by atoms with van der Waals surface area (Å²) in [6, 6.07) is 7.65. The van der Waals surface area contributed by atoms with Gasteiger partial charge < -0.3 is 10.6 Å². The van der Waals surface area contributed by atoms with Gasteiger partial charge in [-0.25, -0.2) is 4.39 Å². The summed E-state index contributed by atoms with van der Waals surface area (Å²) >= 11 is 0. The van der Waals surface area contributed by atoms with Crippen molar-refractivity contribution in [3.63, 3.8) is 0 Å². The van der Waals surface area contributed by atoms with Crippen molar-refractivity contribution in [2.75, 3.05) is 39.3 Å². The van der Waals surface area contributed by atoms with Gasteiger partial charge in [-0.2, -0.15) is 0 Å². The molecule has 104 valence electrons. The molecule has 0 spiro atoms. The van der Waals surface area contributed by atoms with Crippen molar-refractivity contribution in [1.82, 2.24) is 15.5 Å². The predicted molar refractivity (Wildman–Crippen MR) is 74.9 cm³/mol. The molecule has 2 N–H and O–H groups in total. The van der Waals surface area contributed by atoms with Crippen molar-refractivity contribution in [1.29, 1.82) is 0 Å². The second-order valence-corrected chi connectivity index (χ2v) is 5.50. The number of piperazine rings is 1. The summed E-state index contributed by atoms with van der Waals surface area (Å²) in [5, 5.41) is 6.89. The van der Waals surface area contributed by atoms with Gasteiger partial charge in [-0.1, -0.05) is 12.1 Å². The van der Waals surface area contributed by atoms with Crippen LogP contribution < -0.4 is 10.6 Å². The van der Waals surface area contributed by atoms with Crippen LogP contribution in [0.5, 0.6) is 0 Å². The second-order valence-electron chi connectivity index (χ2n) is 5.50. The topological polar surface area (TPSA) is 27.3 Å². The predicted octanol–water partition coefficient (Wildman–Crippen LogP) is 1.18. The van der Waals surface area contributed by atoms with E-state index in [0.29, 0.717) is 12.0 Å². The number of rotatable bonds is 2. The molecule has 0 radical (unpaired) electrons. The highest BCUT2D eigenvalue weighted by molar-refractivity contribution is 5.23. The zero-order chi connectivity index (χ0) is 13.1. The summed E-state index contributed by atoms with van der Waals surface area (Å²) < 4.78 is 13.1. The molecule has 2 atom stereocenters. The van der Waals surface area contributed by atoms with Crippen LogP contribution in [0.3, 0.4) is 0 Å². The Morgan fingerprint density at radius 3 is 2.47 bits per heavy atom. The van der Waals surface area contributed by atoms with E-state index in [0.717, 1.165) is 39.3 Å². The van der Waals surface area contributed by atoms with Crippen LogP contribution in [0.1, 0.15) is 17.9 Å². The fraction of sp³-hybridized carbons (Fsp3) is 0.600. The van der Waals surface area contributed by atoms with E-state index >= 15 is 0 Å². The van der Waals surface area contributed by atoms with Gasteiger partial charge in [0, 0.05) is 44.7 Å². The minimum absolute atomic E-state index is 0.147. The smallest absolute Gasteiger partial charge is 0.123 e. The molecule has 2 aliphatic rings. The van der Waals surface area contributed by atoms with Crippen molar-refractivity contribution in [2.45, 2.75) is 18.4 Å². The molecule has 0 aromatic heterocycles. The van der Waals surface area contributed by atoms with E-state index in [-0.39, 0.29) is 5.82 Å². The second kappa shape index (κ2) is 5.99. The Hall–Kier alpha value is -0.970. The van der Waals surface area contributed by atoms with Crippen LogP contribution in [-0.2, 0) is 0 Å². The van der Waals surface area contributed by atoms with Gasteiger partial charge in [0.05, 0.1) is 0 Å². The Morgan fingerprint density at radius 1 is 1.00 bits per heavy atom. The Kier molecular flexibility index (Phi) is 4.11. The van der Waals surface area contributed by atoms with Crippen LogP contribution in [-0.4, -0.2) is 50.2 Å². The third kappa shape index (κ3) is 2.96. The first-order valence-corrected chi connectivity index (χ1v) is 7.25. The molecule has 3 rings (SSSR count). The lowest BCUT2D eigenvalue weighted by Gasteiger charge is -2.42. The molecule has 2 aliphatic heterocycles. The van der Waals surface area contributed by atoms with Crippen molar-refractivity contribution in [3.05, 3.63) is 35.6 Å². The molecule has 19 heavy (non-hydrogen) atoms. The van der Waals surface area contributed by atoms with Gasteiger partial charge >= 0.3 is 0 Å². The van der Waals surface area contributed by atoms with Gasteiger partial charge in [0.15, 0.2) is 0 Å². The molecule has 2 saturated heterocycles. The molecule has 0 amide bonds. The van der Waals surface area contributed by atoms with Crippen molar-refractivity contribution in [3.8, 4) is 0 Å². The van der Waals surface area contributed by atoms with Gasteiger partial charge in [-0.3, -0.25) is 4.90 Å². The molecule has 0 aliphatic carbocycles. The minimum atomic E-state index is -0.147. The molecule has 1 aromatic carbocycles. The van der Waals surface area contributed by atoms with Crippen molar-refractivity contribution in [2.24, 2.45) is 0 Å². The Labute approximate surface area is 114 Å². The summed E-state index contributed by atoms with van der Waals surface area (Å²) in [4.78, 5) is 2.60. The number of hydrogen-bond donors (Lipinski definition) is 2. The first-order valence-electron chi connectivity index (χ1n) is 7.25. The van der Waals surface area contributed by atoms with E-state index in [4.69, 9.17) is 0 Å². The molecule has 2 heterocycles. The van der Waals surface area contributed by atoms with Crippen LogP contribution >= 0.6 is 0 Å². The number of hydrogen-bond acceptors (Lipinski definition) is 3. The highest BCUT2D eigenvalue weighted by Crippen LogP contribution is 2.28. The maximum Gasteiger partial charge on any atom is 0.123 e. The fourth-order valence-corrected chi connectivity index (χ4v) is 3.35. The molecular formula is C15H22FN3. The summed E-state index contributed by atoms with van der Waals surface area (Å²) in [6.45, 7) is 6.51. The average Bonchev–Trinajstić information content (AvgIpc) is 2.49. The average molecular weight is 263 g/mol. The summed E-state index contributed by atoms with van der Waals surface area (Å²) in [5.41, 5.74) is 1.26. The molecule has 2 fully saturated rings. The molecular weight excluding hydrogens is 241 g/mol. The lowest BCUT2D eigenvalue weighted by molar-refractivity contribution is 0.127. The molecule has 1 aromatic rings. The molecule has 2 unspecified atom stereocenters. The largest absolute Gasteiger partial charge is 0.316 e. The van der Waals surface area contributed by atoms with E-state index in [1.54, 1.807) is 12.1 Å². The maximum atomic E-state index is 13.1. The lowest BCUT2D eigenvalue weighted by atomic mass is 9.85. The van der Waals surface area contributed by atoms with Crippen LogP contribution in [0.15, 0.2) is 24.3 Å². The highest BCUT2D eigenvalue weighted by atomic mass is 19.1. The van der Waals surface area contributed by atoms with E-state index < -0.39 is 0 Å². The number of halogens is 1. The zero-order valence-corrected chi connectivity index (χ0v) is 11.2. The third-order valence-corrected chi connectivity index (χ3v) is 4.36. The summed E-state index contributed by atoms with van der Waals surface area (Å²) in [6.07, 6.45) is 1.18. The monoisotopic (exact) mass is 263 g/mol. The SMILES string of the molecule is Fc1ccc(C2CNCCC2N2CCNCC2)cc1. The van der Waals surface area contributed by atoms with Gasteiger partial charge in [0.2, 0.25) is 0 Å².